The Kier molecular flexibility index (Phi) is 5.70. The number of halogens is 1. The van der Waals surface area contributed by atoms with Crippen LogP contribution in [0.15, 0.2) is 18.2 Å². The van der Waals surface area contributed by atoms with Gasteiger partial charge in [-0.15, -0.1) is 0 Å². The molecule has 1 heterocycles. The molecule has 3 nitrogen and oxygen atoms in total. The molecule has 1 saturated heterocycles. The average molecular weight is 296 g/mol. The van der Waals surface area contributed by atoms with Crippen LogP contribution in [-0.2, 0) is 6.54 Å². The molecule has 0 aromatic heterocycles. The first-order valence-electron chi connectivity index (χ1n) is 7.54. The second-order valence-corrected chi connectivity index (χ2v) is 5.98. The van der Waals surface area contributed by atoms with Gasteiger partial charge in [-0.2, -0.15) is 0 Å². The van der Waals surface area contributed by atoms with Crippen LogP contribution in [0.5, 0.6) is 0 Å². The molecule has 0 bridgehead atoms. The summed E-state index contributed by atoms with van der Waals surface area (Å²) >= 11 is 6.35. The summed E-state index contributed by atoms with van der Waals surface area (Å²) in [4.78, 5) is 4.94. The number of nitrogens with one attached hydrogen (secondary N) is 1. The summed E-state index contributed by atoms with van der Waals surface area (Å²) in [5, 5.41) is 4.06. The van der Waals surface area contributed by atoms with E-state index in [0.717, 1.165) is 24.7 Å². The molecule has 0 amide bonds. The molecule has 0 saturated carbocycles. The average Bonchev–Trinajstić information content (AvgIpc) is 2.88. The maximum atomic E-state index is 6.35. The van der Waals surface area contributed by atoms with Gasteiger partial charge in [0.2, 0.25) is 0 Å². The van der Waals surface area contributed by atoms with Gasteiger partial charge in [0.15, 0.2) is 0 Å². The van der Waals surface area contributed by atoms with Crippen molar-refractivity contribution >= 4 is 17.3 Å². The zero-order valence-electron chi connectivity index (χ0n) is 12.8. The van der Waals surface area contributed by atoms with Crippen LogP contribution in [0.25, 0.3) is 0 Å². The van der Waals surface area contributed by atoms with Crippen molar-refractivity contribution in [2.45, 2.75) is 32.4 Å². The van der Waals surface area contributed by atoms with Gasteiger partial charge < -0.3 is 10.2 Å². The van der Waals surface area contributed by atoms with E-state index in [1.807, 2.05) is 19.2 Å². The lowest BCUT2D eigenvalue weighted by Gasteiger charge is -2.30. The Bertz CT molecular complexity index is 436. The van der Waals surface area contributed by atoms with E-state index in [4.69, 9.17) is 11.6 Å². The molecule has 1 unspecified atom stereocenters. The molecule has 2 rings (SSSR count). The predicted molar refractivity (Wildman–Crippen MR) is 87.8 cm³/mol. The van der Waals surface area contributed by atoms with Crippen LogP contribution in [0.3, 0.4) is 0 Å². The molecular formula is C16H26ClN3. The summed E-state index contributed by atoms with van der Waals surface area (Å²) in [7, 11) is 4.14. The van der Waals surface area contributed by atoms with Crippen LogP contribution in [0.4, 0.5) is 5.69 Å². The van der Waals surface area contributed by atoms with Crippen LogP contribution >= 0.6 is 11.6 Å². The molecule has 0 spiro atoms. The molecule has 1 aromatic rings. The first-order chi connectivity index (χ1) is 9.67. The largest absolute Gasteiger partial charge is 0.373 e. The number of anilines is 1. The van der Waals surface area contributed by atoms with E-state index in [9.17, 15) is 0 Å². The Morgan fingerprint density at radius 3 is 2.95 bits per heavy atom. The Hall–Kier alpha value is -0.770. The van der Waals surface area contributed by atoms with Gasteiger partial charge in [0.1, 0.15) is 0 Å². The minimum atomic E-state index is 0.673. The topological polar surface area (TPSA) is 18.5 Å². The van der Waals surface area contributed by atoms with Gasteiger partial charge in [0.25, 0.3) is 0 Å². The van der Waals surface area contributed by atoms with E-state index in [-0.39, 0.29) is 0 Å². The van der Waals surface area contributed by atoms with Crippen LogP contribution in [0, 0.1) is 0 Å². The predicted octanol–water partition coefficient (Wildman–Crippen LogP) is 2.98. The smallest absolute Gasteiger partial charge is 0.0471 e. The highest BCUT2D eigenvalue weighted by atomic mass is 35.5. The van der Waals surface area contributed by atoms with Crippen molar-refractivity contribution in [3.8, 4) is 0 Å². The van der Waals surface area contributed by atoms with Crippen molar-refractivity contribution < 1.29 is 0 Å². The molecule has 4 heteroatoms. The molecule has 1 aliphatic heterocycles. The van der Waals surface area contributed by atoms with E-state index in [0.29, 0.717) is 6.04 Å². The van der Waals surface area contributed by atoms with Gasteiger partial charge >= 0.3 is 0 Å². The third kappa shape index (κ3) is 3.46. The van der Waals surface area contributed by atoms with Gasteiger partial charge in [-0.3, -0.25) is 4.90 Å². The molecule has 1 fully saturated rings. The summed E-state index contributed by atoms with van der Waals surface area (Å²) in [6, 6.07) is 6.86. The second kappa shape index (κ2) is 7.30. The molecule has 20 heavy (non-hydrogen) atoms. The van der Waals surface area contributed by atoms with Crippen LogP contribution < -0.4 is 10.2 Å². The maximum Gasteiger partial charge on any atom is 0.0471 e. The van der Waals surface area contributed by atoms with Crippen molar-refractivity contribution in [2.24, 2.45) is 0 Å². The first-order valence-corrected chi connectivity index (χ1v) is 7.92. The Labute approximate surface area is 127 Å². The SMILES string of the molecule is CCN1CCCC1CN(C)c1cccc(Cl)c1CNC. The third-order valence-corrected chi connectivity index (χ3v) is 4.60. The van der Waals surface area contributed by atoms with Crippen molar-refractivity contribution in [1.29, 1.82) is 0 Å². The fourth-order valence-corrected chi connectivity index (χ4v) is 3.43. The maximum absolute atomic E-state index is 6.35. The highest BCUT2D eigenvalue weighted by Gasteiger charge is 2.24. The van der Waals surface area contributed by atoms with E-state index < -0.39 is 0 Å². The normalized spacial score (nSPS) is 19.5. The monoisotopic (exact) mass is 295 g/mol. The van der Waals surface area contributed by atoms with Crippen molar-refractivity contribution in [3.63, 3.8) is 0 Å². The molecule has 0 radical (unpaired) electrons. The summed E-state index contributed by atoms with van der Waals surface area (Å²) < 4.78 is 0. The Balaban J connectivity index is 2.12. The number of hydrogen-bond donors (Lipinski definition) is 1. The van der Waals surface area contributed by atoms with Crippen molar-refractivity contribution in [1.82, 2.24) is 10.2 Å². The standard InChI is InChI=1S/C16H26ClN3/c1-4-20-10-6-7-13(20)12-19(3)16-9-5-8-15(17)14(16)11-18-2/h5,8-9,13,18H,4,6-7,10-12H2,1-3H3. The molecule has 0 aliphatic carbocycles. The van der Waals surface area contributed by atoms with E-state index >= 15 is 0 Å². The lowest BCUT2D eigenvalue weighted by Crippen LogP contribution is -2.39. The van der Waals surface area contributed by atoms with Gasteiger partial charge in [-0.1, -0.05) is 24.6 Å². The summed E-state index contributed by atoms with van der Waals surface area (Å²) in [6.07, 6.45) is 2.63. The van der Waals surface area contributed by atoms with E-state index in [2.05, 4.69) is 35.2 Å². The number of benzene rings is 1. The molecule has 1 atom stereocenters. The number of likely N-dealkylation sites (N-methyl/N-ethyl adjacent to an activating group) is 2. The molecule has 112 valence electrons. The number of hydrogen-bond acceptors (Lipinski definition) is 3. The molecular weight excluding hydrogens is 270 g/mol. The van der Waals surface area contributed by atoms with Crippen LogP contribution in [0.1, 0.15) is 25.3 Å². The Morgan fingerprint density at radius 2 is 2.25 bits per heavy atom. The minimum absolute atomic E-state index is 0.673. The lowest BCUT2D eigenvalue weighted by molar-refractivity contribution is 0.270. The second-order valence-electron chi connectivity index (χ2n) is 5.57. The van der Waals surface area contributed by atoms with Crippen molar-refractivity contribution in [2.75, 3.05) is 38.6 Å². The quantitative estimate of drug-likeness (QED) is 0.870. The molecule has 1 N–H and O–H groups in total. The van der Waals surface area contributed by atoms with Crippen LogP contribution in [0.2, 0.25) is 5.02 Å². The third-order valence-electron chi connectivity index (χ3n) is 4.25. The zero-order valence-corrected chi connectivity index (χ0v) is 13.6. The highest BCUT2D eigenvalue weighted by molar-refractivity contribution is 6.31. The summed E-state index contributed by atoms with van der Waals surface area (Å²) in [5.41, 5.74) is 2.44. The van der Waals surface area contributed by atoms with Gasteiger partial charge in [-0.05, 0) is 45.1 Å². The molecule has 1 aliphatic rings. The summed E-state index contributed by atoms with van der Waals surface area (Å²) in [6.45, 7) is 6.53. The zero-order chi connectivity index (χ0) is 14.5. The fraction of sp³-hybridized carbons (Fsp3) is 0.625. The minimum Gasteiger partial charge on any atom is -0.373 e. The van der Waals surface area contributed by atoms with E-state index in [1.165, 1.54) is 30.6 Å². The highest BCUT2D eigenvalue weighted by Crippen LogP contribution is 2.28. The van der Waals surface area contributed by atoms with Crippen LogP contribution in [-0.4, -0.2) is 44.7 Å². The summed E-state index contributed by atoms with van der Waals surface area (Å²) in [5.74, 6) is 0. The van der Waals surface area contributed by atoms with Gasteiger partial charge in [-0.25, -0.2) is 0 Å². The first kappa shape index (κ1) is 15.6. The van der Waals surface area contributed by atoms with Crippen molar-refractivity contribution in [3.05, 3.63) is 28.8 Å². The Morgan fingerprint density at radius 1 is 1.45 bits per heavy atom. The lowest BCUT2D eigenvalue weighted by atomic mass is 10.1. The number of rotatable bonds is 6. The number of likely N-dealkylation sites (tertiary alicyclic amines) is 1. The fourth-order valence-electron chi connectivity index (χ4n) is 3.19. The van der Waals surface area contributed by atoms with Gasteiger partial charge in [0.05, 0.1) is 0 Å². The van der Waals surface area contributed by atoms with E-state index in [1.54, 1.807) is 0 Å². The molecule has 1 aromatic carbocycles. The van der Waals surface area contributed by atoms with Gasteiger partial charge in [0, 0.05) is 42.5 Å². The number of nitrogens with zero attached hydrogens (tertiary/aromatic N) is 2.